The number of hydrogen-bond acceptors (Lipinski definition) is 2. The van der Waals surface area contributed by atoms with Gasteiger partial charge in [0.1, 0.15) is 0 Å². The minimum atomic E-state index is 0.945. The van der Waals surface area contributed by atoms with Crippen LogP contribution in [0.15, 0.2) is 35.4 Å². The van der Waals surface area contributed by atoms with Gasteiger partial charge in [0.15, 0.2) is 0 Å². The molecule has 1 aromatic rings. The van der Waals surface area contributed by atoms with Crippen molar-refractivity contribution in [2.45, 2.75) is 19.8 Å². The van der Waals surface area contributed by atoms with Gasteiger partial charge in [-0.1, -0.05) is 30.3 Å². The third-order valence-electron chi connectivity index (χ3n) is 1.84. The molecule has 1 aromatic carbocycles. The first-order valence-electron chi connectivity index (χ1n) is 4.10. The Kier molecular flexibility index (Phi) is 3.33. The van der Waals surface area contributed by atoms with Crippen molar-refractivity contribution in [3.8, 4) is 0 Å². The molecule has 0 atom stereocenters. The average molecular weight is 162 g/mol. The summed E-state index contributed by atoms with van der Waals surface area (Å²) >= 11 is 0. The summed E-state index contributed by atoms with van der Waals surface area (Å²) in [5, 5.41) is 3.62. The van der Waals surface area contributed by atoms with E-state index in [1.807, 2.05) is 25.1 Å². The van der Waals surface area contributed by atoms with Crippen molar-refractivity contribution in [2.75, 3.05) is 0 Å². The molecule has 12 heavy (non-hydrogen) atoms. The topological polar surface area (TPSA) is 38.4 Å². The highest BCUT2D eigenvalue weighted by Gasteiger charge is 1.93. The van der Waals surface area contributed by atoms with Crippen LogP contribution in [-0.4, -0.2) is 5.71 Å². The molecule has 0 amide bonds. The Morgan fingerprint density at radius 3 is 2.58 bits per heavy atom. The Balaban J connectivity index is 2.44. The highest BCUT2D eigenvalue weighted by Crippen LogP contribution is 2.02. The first-order valence-corrected chi connectivity index (χ1v) is 4.10. The summed E-state index contributed by atoms with van der Waals surface area (Å²) in [6.07, 6.45) is 1.97. The summed E-state index contributed by atoms with van der Waals surface area (Å²) in [4.78, 5) is 0. The summed E-state index contributed by atoms with van der Waals surface area (Å²) in [5.74, 6) is 5.12. The molecule has 0 saturated heterocycles. The van der Waals surface area contributed by atoms with Crippen LogP contribution in [0.25, 0.3) is 0 Å². The summed E-state index contributed by atoms with van der Waals surface area (Å²) in [6, 6.07) is 10.3. The third kappa shape index (κ3) is 2.74. The number of nitrogens with two attached hydrogens (primary N) is 1. The molecule has 0 bridgehead atoms. The second-order valence-electron chi connectivity index (χ2n) is 2.85. The van der Waals surface area contributed by atoms with E-state index in [1.54, 1.807) is 0 Å². The zero-order chi connectivity index (χ0) is 8.81. The molecule has 0 radical (unpaired) electrons. The SMILES string of the molecule is C/C(CCc1ccccc1)=N/N. The standard InChI is InChI=1S/C10H14N2/c1-9(12-11)7-8-10-5-3-2-4-6-10/h2-6H,7-8,11H2,1H3/b12-9-. The molecule has 0 aromatic heterocycles. The number of nitrogens with zero attached hydrogens (tertiary/aromatic N) is 1. The predicted octanol–water partition coefficient (Wildman–Crippen LogP) is 1.95. The van der Waals surface area contributed by atoms with Crippen molar-refractivity contribution < 1.29 is 0 Å². The fourth-order valence-electron chi connectivity index (χ4n) is 1.03. The van der Waals surface area contributed by atoms with Crippen molar-refractivity contribution in [2.24, 2.45) is 10.9 Å². The number of benzene rings is 1. The fraction of sp³-hybridized carbons (Fsp3) is 0.300. The lowest BCUT2D eigenvalue weighted by molar-refractivity contribution is 1.02. The first-order chi connectivity index (χ1) is 5.83. The monoisotopic (exact) mass is 162 g/mol. The van der Waals surface area contributed by atoms with Crippen LogP contribution in [0.2, 0.25) is 0 Å². The Labute approximate surface area is 73.1 Å². The summed E-state index contributed by atoms with van der Waals surface area (Å²) in [7, 11) is 0. The van der Waals surface area contributed by atoms with E-state index < -0.39 is 0 Å². The highest BCUT2D eigenvalue weighted by atomic mass is 15.1. The van der Waals surface area contributed by atoms with E-state index >= 15 is 0 Å². The second kappa shape index (κ2) is 4.54. The van der Waals surface area contributed by atoms with Crippen LogP contribution in [0.3, 0.4) is 0 Å². The van der Waals surface area contributed by atoms with Crippen molar-refractivity contribution >= 4 is 5.71 Å². The molecular weight excluding hydrogens is 148 g/mol. The molecule has 64 valence electrons. The third-order valence-corrected chi connectivity index (χ3v) is 1.84. The van der Waals surface area contributed by atoms with Crippen LogP contribution >= 0.6 is 0 Å². The molecule has 0 aliphatic rings. The van der Waals surface area contributed by atoms with Gasteiger partial charge in [-0.2, -0.15) is 5.10 Å². The molecule has 0 spiro atoms. The first kappa shape index (κ1) is 8.78. The van der Waals surface area contributed by atoms with Crippen LogP contribution in [0.4, 0.5) is 0 Å². The van der Waals surface area contributed by atoms with Gasteiger partial charge in [-0.25, -0.2) is 0 Å². The number of aryl methyl sites for hydroxylation is 1. The molecule has 0 fully saturated rings. The molecule has 2 nitrogen and oxygen atoms in total. The fourth-order valence-corrected chi connectivity index (χ4v) is 1.03. The van der Waals surface area contributed by atoms with Gasteiger partial charge in [0.05, 0.1) is 0 Å². The predicted molar refractivity (Wildman–Crippen MR) is 52.1 cm³/mol. The highest BCUT2D eigenvalue weighted by molar-refractivity contribution is 5.81. The summed E-state index contributed by atoms with van der Waals surface area (Å²) < 4.78 is 0. The second-order valence-corrected chi connectivity index (χ2v) is 2.85. The van der Waals surface area contributed by atoms with Gasteiger partial charge in [-0.05, 0) is 25.3 Å². The molecule has 0 saturated carbocycles. The van der Waals surface area contributed by atoms with Gasteiger partial charge in [-0.15, -0.1) is 0 Å². The van der Waals surface area contributed by atoms with Crippen molar-refractivity contribution in [3.05, 3.63) is 35.9 Å². The lowest BCUT2D eigenvalue weighted by Crippen LogP contribution is -1.98. The van der Waals surface area contributed by atoms with Gasteiger partial charge in [-0.3, -0.25) is 0 Å². The van der Waals surface area contributed by atoms with E-state index in [9.17, 15) is 0 Å². The Bertz CT molecular complexity index is 252. The molecule has 2 heteroatoms. The Morgan fingerprint density at radius 1 is 1.33 bits per heavy atom. The van der Waals surface area contributed by atoms with Gasteiger partial charge < -0.3 is 5.84 Å². The van der Waals surface area contributed by atoms with Crippen LogP contribution < -0.4 is 5.84 Å². The molecule has 1 rings (SSSR count). The van der Waals surface area contributed by atoms with Gasteiger partial charge in [0, 0.05) is 5.71 Å². The van der Waals surface area contributed by atoms with Gasteiger partial charge in [0.25, 0.3) is 0 Å². The summed E-state index contributed by atoms with van der Waals surface area (Å²) in [5.41, 5.74) is 2.33. The zero-order valence-electron chi connectivity index (χ0n) is 7.33. The average Bonchev–Trinajstić information content (AvgIpc) is 2.16. The van der Waals surface area contributed by atoms with Gasteiger partial charge >= 0.3 is 0 Å². The van der Waals surface area contributed by atoms with E-state index in [2.05, 4.69) is 17.2 Å². The van der Waals surface area contributed by atoms with E-state index in [4.69, 9.17) is 5.84 Å². The summed E-state index contributed by atoms with van der Waals surface area (Å²) in [6.45, 7) is 1.95. The lowest BCUT2D eigenvalue weighted by Gasteiger charge is -1.99. The Hall–Kier alpha value is -1.31. The Morgan fingerprint density at radius 2 is 2.00 bits per heavy atom. The van der Waals surface area contributed by atoms with Crippen LogP contribution in [0.5, 0.6) is 0 Å². The molecule has 2 N–H and O–H groups in total. The molecular formula is C10H14N2. The lowest BCUT2D eigenvalue weighted by atomic mass is 10.1. The van der Waals surface area contributed by atoms with Crippen molar-refractivity contribution in [1.82, 2.24) is 0 Å². The molecule has 0 heterocycles. The maximum atomic E-state index is 5.12. The van der Waals surface area contributed by atoms with Crippen LogP contribution in [0.1, 0.15) is 18.9 Å². The maximum Gasteiger partial charge on any atom is 0.0348 e. The van der Waals surface area contributed by atoms with Crippen molar-refractivity contribution in [3.63, 3.8) is 0 Å². The van der Waals surface area contributed by atoms with E-state index in [-0.39, 0.29) is 0 Å². The smallest absolute Gasteiger partial charge is 0.0348 e. The maximum absolute atomic E-state index is 5.12. The quantitative estimate of drug-likeness (QED) is 0.412. The minimum absolute atomic E-state index is 0.945. The molecule has 0 aliphatic carbocycles. The molecule has 0 aliphatic heterocycles. The van der Waals surface area contributed by atoms with E-state index in [0.717, 1.165) is 18.6 Å². The molecule has 0 unspecified atom stereocenters. The number of hydrazone groups is 1. The number of hydrogen-bond donors (Lipinski definition) is 1. The van der Waals surface area contributed by atoms with E-state index in [1.165, 1.54) is 5.56 Å². The van der Waals surface area contributed by atoms with Gasteiger partial charge in [0.2, 0.25) is 0 Å². The minimum Gasteiger partial charge on any atom is -0.323 e. The number of rotatable bonds is 3. The normalized spacial score (nSPS) is 11.6. The largest absolute Gasteiger partial charge is 0.323 e. The van der Waals surface area contributed by atoms with Crippen molar-refractivity contribution in [1.29, 1.82) is 0 Å². The van der Waals surface area contributed by atoms with Crippen LogP contribution in [-0.2, 0) is 6.42 Å². The van der Waals surface area contributed by atoms with Crippen LogP contribution in [0, 0.1) is 0 Å². The zero-order valence-corrected chi connectivity index (χ0v) is 7.33. The van der Waals surface area contributed by atoms with E-state index in [0.29, 0.717) is 0 Å².